The predicted octanol–water partition coefficient (Wildman–Crippen LogP) is 0.276. The lowest BCUT2D eigenvalue weighted by atomic mass is 9.96. The molecule has 0 aliphatic carbocycles. The van der Waals surface area contributed by atoms with Crippen LogP contribution in [0.3, 0.4) is 0 Å². The molecule has 6 heteroatoms. The van der Waals surface area contributed by atoms with Crippen LogP contribution in [0.4, 0.5) is 0 Å². The number of benzene rings is 1. The number of hydrazone groups is 1. The second-order valence-corrected chi connectivity index (χ2v) is 4.92. The lowest BCUT2D eigenvalue weighted by Gasteiger charge is -2.24. The van der Waals surface area contributed by atoms with Crippen LogP contribution in [0.5, 0.6) is 0 Å². The Morgan fingerprint density at radius 1 is 1.40 bits per heavy atom. The zero-order chi connectivity index (χ0) is 14.6. The first-order chi connectivity index (χ1) is 9.49. The van der Waals surface area contributed by atoms with Crippen molar-refractivity contribution in [1.29, 1.82) is 0 Å². The molecule has 0 bridgehead atoms. The molecule has 1 heterocycles. The van der Waals surface area contributed by atoms with Gasteiger partial charge in [-0.25, -0.2) is 5.43 Å². The van der Waals surface area contributed by atoms with Gasteiger partial charge in [0.25, 0.3) is 5.91 Å². The van der Waals surface area contributed by atoms with Crippen molar-refractivity contribution in [3.8, 4) is 0 Å². The van der Waals surface area contributed by atoms with E-state index >= 15 is 0 Å². The summed E-state index contributed by atoms with van der Waals surface area (Å²) in [5, 5.41) is 16.7. The fraction of sp³-hybridized carbons (Fsp3) is 0.357. The molecule has 0 fully saturated rings. The molecule has 1 aliphatic heterocycles. The number of hydrogen-bond acceptors (Lipinski definition) is 4. The molecular formula is C14H17N3O3. The molecule has 1 aromatic carbocycles. The number of carbonyl (C=O) groups is 2. The topological polar surface area (TPSA) is 90.8 Å². The monoisotopic (exact) mass is 275 g/mol. The first kappa shape index (κ1) is 14.2. The van der Waals surface area contributed by atoms with Gasteiger partial charge in [0.1, 0.15) is 11.3 Å². The second-order valence-electron chi connectivity index (χ2n) is 4.92. The van der Waals surface area contributed by atoms with Crippen molar-refractivity contribution in [3.05, 3.63) is 35.9 Å². The molecular weight excluding hydrogens is 258 g/mol. The van der Waals surface area contributed by atoms with E-state index in [-0.39, 0.29) is 30.5 Å². The molecule has 1 atom stereocenters. The highest BCUT2D eigenvalue weighted by molar-refractivity contribution is 6.39. The van der Waals surface area contributed by atoms with Crippen molar-refractivity contribution in [2.45, 2.75) is 25.4 Å². The number of amides is 2. The van der Waals surface area contributed by atoms with Gasteiger partial charge < -0.3 is 10.4 Å². The summed E-state index contributed by atoms with van der Waals surface area (Å²) in [4.78, 5) is 22.8. The Labute approximate surface area is 116 Å². The highest BCUT2D eigenvalue weighted by Gasteiger charge is 2.25. The average Bonchev–Trinajstić information content (AvgIpc) is 2.46. The Bertz CT molecular complexity index is 538. The van der Waals surface area contributed by atoms with E-state index in [9.17, 15) is 14.7 Å². The van der Waals surface area contributed by atoms with Crippen molar-refractivity contribution < 1.29 is 14.7 Å². The van der Waals surface area contributed by atoms with E-state index in [1.807, 2.05) is 18.2 Å². The Hall–Kier alpha value is -2.21. The van der Waals surface area contributed by atoms with Gasteiger partial charge in [0.05, 0.1) is 6.54 Å². The fourth-order valence-corrected chi connectivity index (χ4v) is 1.89. The standard InChI is InChI=1S/C14H17N3O3/c1-14(20,10-5-3-2-4-6-10)9-15-13(19)11-7-8-12(18)17-16-11/h2-6,20H,7-9H2,1H3,(H,15,19)(H,17,18). The van der Waals surface area contributed by atoms with Gasteiger partial charge in [-0.2, -0.15) is 5.10 Å². The van der Waals surface area contributed by atoms with E-state index < -0.39 is 5.60 Å². The zero-order valence-electron chi connectivity index (χ0n) is 11.2. The summed E-state index contributed by atoms with van der Waals surface area (Å²) in [7, 11) is 0. The summed E-state index contributed by atoms with van der Waals surface area (Å²) in [6.07, 6.45) is 0.562. The fourth-order valence-electron chi connectivity index (χ4n) is 1.89. The molecule has 0 saturated carbocycles. The van der Waals surface area contributed by atoms with Gasteiger partial charge >= 0.3 is 0 Å². The summed E-state index contributed by atoms with van der Waals surface area (Å²) in [5.74, 6) is -0.570. The minimum absolute atomic E-state index is 0.0722. The van der Waals surface area contributed by atoms with E-state index in [0.29, 0.717) is 6.42 Å². The highest BCUT2D eigenvalue weighted by atomic mass is 16.3. The molecule has 106 valence electrons. The van der Waals surface area contributed by atoms with Crippen LogP contribution in [-0.2, 0) is 15.2 Å². The maximum absolute atomic E-state index is 11.9. The first-order valence-electron chi connectivity index (χ1n) is 6.40. The van der Waals surface area contributed by atoms with Crippen LogP contribution >= 0.6 is 0 Å². The molecule has 1 unspecified atom stereocenters. The predicted molar refractivity (Wildman–Crippen MR) is 73.8 cm³/mol. The van der Waals surface area contributed by atoms with Gasteiger partial charge in [-0.15, -0.1) is 0 Å². The molecule has 6 nitrogen and oxygen atoms in total. The number of nitrogens with zero attached hydrogens (tertiary/aromatic N) is 1. The Morgan fingerprint density at radius 2 is 2.10 bits per heavy atom. The highest BCUT2D eigenvalue weighted by Crippen LogP contribution is 2.18. The second kappa shape index (κ2) is 5.83. The Balaban J connectivity index is 1.95. The third kappa shape index (κ3) is 3.42. The summed E-state index contributed by atoms with van der Waals surface area (Å²) < 4.78 is 0. The van der Waals surface area contributed by atoms with Crippen LogP contribution in [0.2, 0.25) is 0 Å². The molecule has 0 aromatic heterocycles. The quantitative estimate of drug-likeness (QED) is 0.737. The van der Waals surface area contributed by atoms with E-state index in [2.05, 4.69) is 15.8 Å². The van der Waals surface area contributed by atoms with Gasteiger partial charge in [-0.05, 0) is 12.5 Å². The summed E-state index contributed by atoms with van der Waals surface area (Å²) in [5.41, 5.74) is 2.10. The van der Waals surface area contributed by atoms with E-state index in [4.69, 9.17) is 0 Å². The van der Waals surface area contributed by atoms with Crippen molar-refractivity contribution in [2.75, 3.05) is 6.54 Å². The lowest BCUT2D eigenvalue weighted by Crippen LogP contribution is -2.43. The van der Waals surface area contributed by atoms with Crippen LogP contribution in [0, 0.1) is 0 Å². The van der Waals surface area contributed by atoms with E-state index in [0.717, 1.165) is 5.56 Å². The molecule has 0 spiro atoms. The van der Waals surface area contributed by atoms with Crippen molar-refractivity contribution in [1.82, 2.24) is 10.7 Å². The van der Waals surface area contributed by atoms with Crippen LogP contribution in [0.25, 0.3) is 0 Å². The molecule has 0 radical (unpaired) electrons. The molecule has 2 rings (SSSR count). The normalized spacial score (nSPS) is 17.7. The largest absolute Gasteiger partial charge is 0.384 e. The summed E-state index contributed by atoms with van der Waals surface area (Å²) >= 11 is 0. The zero-order valence-corrected chi connectivity index (χ0v) is 11.2. The van der Waals surface area contributed by atoms with E-state index in [1.54, 1.807) is 19.1 Å². The van der Waals surface area contributed by atoms with Gasteiger partial charge in [-0.1, -0.05) is 30.3 Å². The number of carbonyl (C=O) groups excluding carboxylic acids is 2. The van der Waals surface area contributed by atoms with Crippen molar-refractivity contribution in [2.24, 2.45) is 5.10 Å². The smallest absolute Gasteiger partial charge is 0.267 e. The lowest BCUT2D eigenvalue weighted by molar-refractivity contribution is -0.121. The summed E-state index contributed by atoms with van der Waals surface area (Å²) in [6.45, 7) is 1.70. The number of rotatable bonds is 4. The molecule has 3 N–H and O–H groups in total. The third-order valence-electron chi connectivity index (χ3n) is 3.16. The van der Waals surface area contributed by atoms with Crippen LogP contribution < -0.4 is 10.7 Å². The molecule has 2 amide bonds. The van der Waals surface area contributed by atoms with Gasteiger partial charge in [0.15, 0.2) is 0 Å². The number of aliphatic hydroxyl groups is 1. The minimum atomic E-state index is -1.16. The molecule has 1 aliphatic rings. The molecule has 0 saturated heterocycles. The van der Waals surface area contributed by atoms with Crippen LogP contribution in [0.1, 0.15) is 25.3 Å². The van der Waals surface area contributed by atoms with Crippen molar-refractivity contribution in [3.63, 3.8) is 0 Å². The van der Waals surface area contributed by atoms with Gasteiger partial charge in [0, 0.05) is 12.8 Å². The number of hydrogen-bond donors (Lipinski definition) is 3. The van der Waals surface area contributed by atoms with E-state index in [1.165, 1.54) is 0 Å². The van der Waals surface area contributed by atoms with Gasteiger partial charge in [0.2, 0.25) is 5.91 Å². The number of nitrogens with one attached hydrogen (secondary N) is 2. The first-order valence-corrected chi connectivity index (χ1v) is 6.40. The Kier molecular flexibility index (Phi) is 4.14. The maximum Gasteiger partial charge on any atom is 0.267 e. The SMILES string of the molecule is CC(O)(CNC(=O)C1=NNC(=O)CC1)c1ccccc1. The maximum atomic E-state index is 11.9. The van der Waals surface area contributed by atoms with Crippen LogP contribution in [-0.4, -0.2) is 29.2 Å². The third-order valence-corrected chi connectivity index (χ3v) is 3.16. The van der Waals surface area contributed by atoms with Gasteiger partial charge in [-0.3, -0.25) is 9.59 Å². The molecule has 1 aromatic rings. The Morgan fingerprint density at radius 3 is 2.70 bits per heavy atom. The minimum Gasteiger partial charge on any atom is -0.384 e. The van der Waals surface area contributed by atoms with Crippen molar-refractivity contribution >= 4 is 17.5 Å². The summed E-state index contributed by atoms with van der Waals surface area (Å²) in [6, 6.07) is 9.10. The molecule has 20 heavy (non-hydrogen) atoms. The van der Waals surface area contributed by atoms with Crippen LogP contribution in [0.15, 0.2) is 35.4 Å². The average molecular weight is 275 g/mol.